The molecule has 0 fully saturated rings. The molecule has 5 rings (SSSR count). The lowest BCUT2D eigenvalue weighted by molar-refractivity contribution is -0.138. The lowest BCUT2D eigenvalue weighted by Crippen LogP contribution is -2.58. The van der Waals surface area contributed by atoms with Gasteiger partial charge in [0.2, 0.25) is 17.7 Å². The third kappa shape index (κ3) is 8.54. The molecule has 0 spiro atoms. The number of pyridine rings is 1. The maximum Gasteiger partial charge on any atom is 0.253 e. The van der Waals surface area contributed by atoms with Crippen molar-refractivity contribution in [2.24, 2.45) is 5.92 Å². The Kier molecular flexibility index (Phi) is 10.6. The Balaban J connectivity index is 1.44. The molecule has 0 unspecified atom stereocenters. The summed E-state index contributed by atoms with van der Waals surface area (Å²) >= 11 is 0. The number of fused-ring (bicyclic) bond motifs is 3. The van der Waals surface area contributed by atoms with Gasteiger partial charge in [-0.25, -0.2) is 0 Å². The van der Waals surface area contributed by atoms with Crippen LogP contribution in [-0.4, -0.2) is 71.3 Å². The number of carbonyl (C=O) groups excluding carboxylic acids is 4. The van der Waals surface area contributed by atoms with E-state index in [-0.39, 0.29) is 42.6 Å². The average Bonchev–Trinajstić information content (AvgIpc) is 3.04. The fraction of sp³-hybridized carbons (Fsp3) is 0.400. The van der Waals surface area contributed by atoms with E-state index in [0.717, 1.165) is 22.3 Å². The second kappa shape index (κ2) is 14.9. The highest BCUT2D eigenvalue weighted by Crippen LogP contribution is 2.18. The van der Waals surface area contributed by atoms with Crippen molar-refractivity contribution in [2.75, 3.05) is 19.6 Å². The highest BCUT2D eigenvalue weighted by molar-refractivity contribution is 5.97. The molecular formula is C35H42N6O4. The van der Waals surface area contributed by atoms with Gasteiger partial charge < -0.3 is 26.2 Å². The standard InChI is InChI=1S/C35H42N6O4/c1-23(2)32-34(44)39-29(16-24-9-4-3-5-10-24)21-41(35(45)30-17-26-12-6-7-13-27(26)20-38-30)22-31(42)37-14-8-11-25-15-28(19-36-18-25)33(43)40-32/h3-7,9-10,12-13,15,18-19,23,29-30,32,38H,8,11,14,16-17,20-22H2,1-2H3,(H,37,42)(H,39,44)(H,40,43)/t29-,30-,32-/m1/s1. The minimum atomic E-state index is -0.820. The van der Waals surface area contributed by atoms with E-state index in [4.69, 9.17) is 0 Å². The number of aromatic nitrogens is 1. The van der Waals surface area contributed by atoms with Crippen LogP contribution in [0.25, 0.3) is 0 Å². The molecule has 3 aromatic rings. The van der Waals surface area contributed by atoms with Crippen molar-refractivity contribution in [1.82, 2.24) is 31.2 Å². The summed E-state index contributed by atoms with van der Waals surface area (Å²) in [5.41, 5.74) is 4.46. The zero-order chi connectivity index (χ0) is 31.8. The van der Waals surface area contributed by atoms with E-state index >= 15 is 0 Å². The monoisotopic (exact) mass is 610 g/mol. The Morgan fingerprint density at radius 1 is 0.978 bits per heavy atom. The van der Waals surface area contributed by atoms with Crippen molar-refractivity contribution in [2.45, 2.75) is 64.2 Å². The van der Waals surface area contributed by atoms with Gasteiger partial charge in [0, 0.05) is 32.0 Å². The predicted octanol–water partition coefficient (Wildman–Crippen LogP) is 2.17. The van der Waals surface area contributed by atoms with E-state index in [1.54, 1.807) is 17.2 Å². The van der Waals surface area contributed by atoms with E-state index in [2.05, 4.69) is 26.3 Å². The highest BCUT2D eigenvalue weighted by Gasteiger charge is 2.33. The van der Waals surface area contributed by atoms with Crippen LogP contribution in [0.3, 0.4) is 0 Å². The molecule has 1 aromatic heterocycles. The number of hydrogen-bond donors (Lipinski definition) is 4. The lowest BCUT2D eigenvalue weighted by Gasteiger charge is -2.34. The first-order chi connectivity index (χ1) is 21.8. The van der Waals surface area contributed by atoms with Gasteiger partial charge in [0.05, 0.1) is 24.2 Å². The maximum atomic E-state index is 14.1. The zero-order valence-electron chi connectivity index (χ0n) is 25.9. The first-order valence-corrected chi connectivity index (χ1v) is 15.7. The number of nitrogens with one attached hydrogen (secondary N) is 4. The Bertz CT molecular complexity index is 1510. The fourth-order valence-corrected chi connectivity index (χ4v) is 5.96. The van der Waals surface area contributed by atoms with Crippen LogP contribution >= 0.6 is 0 Å². The molecule has 10 heteroatoms. The summed E-state index contributed by atoms with van der Waals surface area (Å²) in [6.07, 6.45) is 5.38. The Labute approximate surface area is 264 Å². The average molecular weight is 611 g/mol. The third-order valence-corrected chi connectivity index (χ3v) is 8.39. The molecule has 45 heavy (non-hydrogen) atoms. The van der Waals surface area contributed by atoms with E-state index in [0.29, 0.717) is 44.3 Å². The van der Waals surface area contributed by atoms with Crippen molar-refractivity contribution >= 4 is 23.6 Å². The normalized spacial score (nSPS) is 21.6. The van der Waals surface area contributed by atoms with Crippen LogP contribution in [0.4, 0.5) is 0 Å². The first kappa shape index (κ1) is 31.8. The fourth-order valence-electron chi connectivity index (χ4n) is 5.96. The quantitative estimate of drug-likeness (QED) is 0.358. The van der Waals surface area contributed by atoms with Gasteiger partial charge in [-0.05, 0) is 59.9 Å². The summed E-state index contributed by atoms with van der Waals surface area (Å²) < 4.78 is 0. The van der Waals surface area contributed by atoms with E-state index < -0.39 is 18.1 Å². The summed E-state index contributed by atoms with van der Waals surface area (Å²) in [5.74, 6) is -1.40. The number of aryl methyl sites for hydroxylation is 1. The van der Waals surface area contributed by atoms with Crippen molar-refractivity contribution in [3.05, 3.63) is 101 Å². The molecule has 0 radical (unpaired) electrons. The highest BCUT2D eigenvalue weighted by atomic mass is 16.2. The second-order valence-corrected chi connectivity index (χ2v) is 12.3. The maximum absolute atomic E-state index is 14.1. The number of carbonyl (C=O) groups is 4. The number of nitrogens with zero attached hydrogens (tertiary/aromatic N) is 2. The van der Waals surface area contributed by atoms with E-state index in [1.807, 2.05) is 68.4 Å². The topological polar surface area (TPSA) is 133 Å². The zero-order valence-corrected chi connectivity index (χ0v) is 25.9. The van der Waals surface area contributed by atoms with Crippen LogP contribution in [-0.2, 0) is 40.2 Å². The van der Waals surface area contributed by atoms with E-state index in [1.165, 1.54) is 6.20 Å². The minimum Gasteiger partial charge on any atom is -0.355 e. The second-order valence-electron chi connectivity index (χ2n) is 12.3. The summed E-state index contributed by atoms with van der Waals surface area (Å²) in [7, 11) is 0. The number of amides is 4. The molecule has 10 nitrogen and oxygen atoms in total. The van der Waals surface area contributed by atoms with Gasteiger partial charge in [-0.3, -0.25) is 24.2 Å². The molecular weight excluding hydrogens is 568 g/mol. The van der Waals surface area contributed by atoms with E-state index in [9.17, 15) is 19.2 Å². The molecule has 3 atom stereocenters. The van der Waals surface area contributed by atoms with Crippen LogP contribution in [0.2, 0.25) is 0 Å². The minimum absolute atomic E-state index is 0.121. The SMILES string of the molecule is CC(C)[C@H]1NC(=O)c2cncc(c2)CCCNC(=O)CN(C(=O)[C@H]2Cc3ccccc3CN2)C[C@@H](Cc2ccccc2)NC1=O. The molecule has 2 bridgehead atoms. The molecule has 4 amide bonds. The molecule has 0 aliphatic carbocycles. The van der Waals surface area contributed by atoms with Crippen molar-refractivity contribution < 1.29 is 19.2 Å². The van der Waals surface area contributed by atoms with Crippen LogP contribution < -0.4 is 21.3 Å². The van der Waals surface area contributed by atoms with Gasteiger partial charge in [-0.2, -0.15) is 0 Å². The number of rotatable bonds is 4. The summed E-state index contributed by atoms with van der Waals surface area (Å²) in [5, 5.41) is 12.3. The summed E-state index contributed by atoms with van der Waals surface area (Å²) in [6.45, 7) is 4.70. The molecule has 2 aliphatic heterocycles. The van der Waals surface area contributed by atoms with Gasteiger partial charge in [-0.15, -0.1) is 0 Å². The van der Waals surface area contributed by atoms with Crippen molar-refractivity contribution in [1.29, 1.82) is 0 Å². The molecule has 3 heterocycles. The Morgan fingerprint density at radius 3 is 2.51 bits per heavy atom. The molecule has 2 aliphatic rings. The molecule has 0 saturated carbocycles. The van der Waals surface area contributed by atoms with Crippen molar-refractivity contribution in [3.8, 4) is 0 Å². The van der Waals surface area contributed by atoms with Gasteiger partial charge in [0.15, 0.2) is 0 Å². The van der Waals surface area contributed by atoms with Crippen LogP contribution in [0.1, 0.15) is 52.9 Å². The first-order valence-electron chi connectivity index (χ1n) is 15.7. The number of hydrogen-bond acceptors (Lipinski definition) is 6. The summed E-state index contributed by atoms with van der Waals surface area (Å²) in [4.78, 5) is 60.2. The molecule has 2 aromatic carbocycles. The van der Waals surface area contributed by atoms with Crippen molar-refractivity contribution in [3.63, 3.8) is 0 Å². The lowest BCUT2D eigenvalue weighted by atomic mass is 9.95. The largest absolute Gasteiger partial charge is 0.355 e. The summed E-state index contributed by atoms with van der Waals surface area (Å²) in [6, 6.07) is 17.7. The van der Waals surface area contributed by atoms with Crippen LogP contribution in [0.5, 0.6) is 0 Å². The molecule has 0 saturated heterocycles. The van der Waals surface area contributed by atoms with Gasteiger partial charge in [0.25, 0.3) is 5.91 Å². The molecule has 4 N–H and O–H groups in total. The van der Waals surface area contributed by atoms with Crippen LogP contribution in [0.15, 0.2) is 73.1 Å². The number of benzene rings is 2. The Morgan fingerprint density at radius 2 is 1.73 bits per heavy atom. The predicted molar refractivity (Wildman–Crippen MR) is 171 cm³/mol. The van der Waals surface area contributed by atoms with Gasteiger partial charge >= 0.3 is 0 Å². The smallest absolute Gasteiger partial charge is 0.253 e. The third-order valence-electron chi connectivity index (χ3n) is 8.39. The molecule has 236 valence electrons. The van der Waals surface area contributed by atoms with Gasteiger partial charge in [0.1, 0.15) is 6.04 Å². The Hall–Kier alpha value is -4.57. The van der Waals surface area contributed by atoms with Crippen LogP contribution in [0, 0.1) is 5.92 Å². The van der Waals surface area contributed by atoms with Gasteiger partial charge in [-0.1, -0.05) is 68.4 Å².